The fourth-order valence-electron chi connectivity index (χ4n) is 1.92. The summed E-state index contributed by atoms with van der Waals surface area (Å²) in [6, 6.07) is 11.6. The minimum absolute atomic E-state index is 0.145. The van der Waals surface area contributed by atoms with Crippen molar-refractivity contribution in [3.63, 3.8) is 0 Å². The van der Waals surface area contributed by atoms with Crippen LogP contribution in [0.3, 0.4) is 0 Å². The van der Waals surface area contributed by atoms with E-state index in [0.29, 0.717) is 19.6 Å². The molecular formula is C15H17N3O. The van der Waals surface area contributed by atoms with Crippen LogP contribution in [0, 0.1) is 0 Å². The molecule has 98 valence electrons. The number of carbonyl (C=O) groups excluding carboxylic acids is 1. The van der Waals surface area contributed by atoms with Crippen molar-refractivity contribution in [2.45, 2.75) is 20.0 Å². The molecule has 0 bridgehead atoms. The van der Waals surface area contributed by atoms with E-state index in [1.165, 1.54) is 0 Å². The minimum Gasteiger partial charge on any atom is -0.299 e. The van der Waals surface area contributed by atoms with E-state index in [1.54, 1.807) is 19.3 Å². The van der Waals surface area contributed by atoms with Gasteiger partial charge in [0.1, 0.15) is 5.78 Å². The van der Waals surface area contributed by atoms with Gasteiger partial charge in [-0.05, 0) is 31.2 Å². The van der Waals surface area contributed by atoms with Crippen LogP contribution in [-0.2, 0) is 17.9 Å². The fraction of sp³-hybridized carbons (Fsp3) is 0.267. The topological polar surface area (TPSA) is 46.1 Å². The van der Waals surface area contributed by atoms with Crippen LogP contribution in [0.4, 0.5) is 0 Å². The molecule has 0 saturated carbocycles. The minimum atomic E-state index is 0.145. The van der Waals surface area contributed by atoms with Crippen LogP contribution < -0.4 is 0 Å². The lowest BCUT2D eigenvalue weighted by Gasteiger charge is -2.20. The van der Waals surface area contributed by atoms with E-state index in [2.05, 4.69) is 9.97 Å². The molecule has 0 N–H and O–H groups in total. The van der Waals surface area contributed by atoms with Crippen molar-refractivity contribution in [2.24, 2.45) is 0 Å². The van der Waals surface area contributed by atoms with Crippen molar-refractivity contribution < 1.29 is 4.79 Å². The lowest BCUT2D eigenvalue weighted by molar-refractivity contribution is -0.118. The first kappa shape index (κ1) is 13.4. The zero-order valence-corrected chi connectivity index (χ0v) is 11.0. The third-order valence-electron chi connectivity index (χ3n) is 2.67. The molecule has 0 radical (unpaired) electrons. The summed E-state index contributed by atoms with van der Waals surface area (Å²) in [7, 11) is 0. The van der Waals surface area contributed by atoms with Gasteiger partial charge in [-0.2, -0.15) is 0 Å². The highest BCUT2D eigenvalue weighted by atomic mass is 16.1. The number of aromatic nitrogens is 2. The van der Waals surface area contributed by atoms with E-state index in [0.717, 1.165) is 11.4 Å². The molecule has 2 rings (SSSR count). The summed E-state index contributed by atoms with van der Waals surface area (Å²) in [4.78, 5) is 22.0. The molecule has 0 spiro atoms. The SMILES string of the molecule is CC(=O)CN(Cc1ccccn1)Cc1ccccn1. The molecule has 4 nitrogen and oxygen atoms in total. The largest absolute Gasteiger partial charge is 0.299 e. The van der Waals surface area contributed by atoms with Crippen LogP contribution in [-0.4, -0.2) is 27.2 Å². The van der Waals surface area contributed by atoms with Gasteiger partial charge in [0.15, 0.2) is 0 Å². The Hall–Kier alpha value is -2.07. The second-order valence-corrected chi connectivity index (χ2v) is 4.49. The quantitative estimate of drug-likeness (QED) is 0.792. The summed E-state index contributed by atoms with van der Waals surface area (Å²) in [5.41, 5.74) is 1.92. The summed E-state index contributed by atoms with van der Waals surface area (Å²) < 4.78 is 0. The molecule has 0 aliphatic rings. The van der Waals surface area contributed by atoms with Crippen molar-refractivity contribution in [3.8, 4) is 0 Å². The van der Waals surface area contributed by atoms with Gasteiger partial charge in [-0.1, -0.05) is 12.1 Å². The van der Waals surface area contributed by atoms with Gasteiger partial charge in [0.05, 0.1) is 17.9 Å². The van der Waals surface area contributed by atoms with Gasteiger partial charge in [0.25, 0.3) is 0 Å². The lowest BCUT2D eigenvalue weighted by Crippen LogP contribution is -2.28. The third-order valence-corrected chi connectivity index (χ3v) is 2.67. The Bertz CT molecular complexity index is 472. The summed E-state index contributed by atoms with van der Waals surface area (Å²) in [5, 5.41) is 0. The summed E-state index contributed by atoms with van der Waals surface area (Å²) in [6.45, 7) is 3.31. The average Bonchev–Trinajstić information content (AvgIpc) is 2.40. The number of carbonyl (C=O) groups is 1. The first-order chi connectivity index (χ1) is 9.24. The fourth-order valence-corrected chi connectivity index (χ4v) is 1.92. The van der Waals surface area contributed by atoms with Crippen LogP contribution in [0.2, 0.25) is 0 Å². The zero-order valence-electron chi connectivity index (χ0n) is 11.0. The molecule has 0 saturated heterocycles. The summed E-state index contributed by atoms with van der Waals surface area (Å²) in [5.74, 6) is 0.145. The first-order valence-corrected chi connectivity index (χ1v) is 6.25. The Morgan fingerprint density at radius 2 is 1.53 bits per heavy atom. The molecule has 2 heterocycles. The monoisotopic (exact) mass is 255 g/mol. The van der Waals surface area contributed by atoms with Crippen molar-refractivity contribution >= 4 is 5.78 Å². The lowest BCUT2D eigenvalue weighted by atomic mass is 10.2. The van der Waals surface area contributed by atoms with Crippen LogP contribution >= 0.6 is 0 Å². The zero-order chi connectivity index (χ0) is 13.5. The van der Waals surface area contributed by atoms with Crippen molar-refractivity contribution in [2.75, 3.05) is 6.54 Å². The van der Waals surface area contributed by atoms with Crippen LogP contribution in [0.1, 0.15) is 18.3 Å². The molecule has 0 aliphatic heterocycles. The molecule has 2 aromatic rings. The maximum absolute atomic E-state index is 11.4. The second-order valence-electron chi connectivity index (χ2n) is 4.49. The smallest absolute Gasteiger partial charge is 0.143 e. The Kier molecular flexibility index (Phi) is 4.75. The predicted octanol–water partition coefficient (Wildman–Crippen LogP) is 2.07. The summed E-state index contributed by atoms with van der Waals surface area (Å²) in [6.07, 6.45) is 3.53. The molecule has 0 aliphatic carbocycles. The molecule has 2 aromatic heterocycles. The number of hydrogen-bond acceptors (Lipinski definition) is 4. The third kappa shape index (κ3) is 4.60. The van der Waals surface area contributed by atoms with Gasteiger partial charge in [0, 0.05) is 25.5 Å². The van der Waals surface area contributed by atoms with Gasteiger partial charge in [0.2, 0.25) is 0 Å². The maximum Gasteiger partial charge on any atom is 0.143 e. The van der Waals surface area contributed by atoms with E-state index >= 15 is 0 Å². The van der Waals surface area contributed by atoms with Crippen molar-refractivity contribution in [1.82, 2.24) is 14.9 Å². The molecular weight excluding hydrogens is 238 g/mol. The number of nitrogens with zero attached hydrogens (tertiary/aromatic N) is 3. The predicted molar refractivity (Wildman–Crippen MR) is 73.3 cm³/mol. The van der Waals surface area contributed by atoms with Crippen molar-refractivity contribution in [3.05, 3.63) is 60.2 Å². The molecule has 4 heteroatoms. The average molecular weight is 255 g/mol. The number of Topliss-reactive ketones (excluding diaryl/α,β-unsaturated/α-hetero) is 1. The molecule has 0 unspecified atom stereocenters. The highest BCUT2D eigenvalue weighted by Gasteiger charge is 2.10. The number of rotatable bonds is 6. The van der Waals surface area contributed by atoms with Gasteiger partial charge >= 0.3 is 0 Å². The van der Waals surface area contributed by atoms with E-state index < -0.39 is 0 Å². The van der Waals surface area contributed by atoms with Crippen LogP contribution in [0.15, 0.2) is 48.8 Å². The number of ketones is 1. The Morgan fingerprint density at radius 3 is 1.89 bits per heavy atom. The Labute approximate surface area is 113 Å². The number of hydrogen-bond donors (Lipinski definition) is 0. The highest BCUT2D eigenvalue weighted by Crippen LogP contribution is 2.06. The van der Waals surface area contributed by atoms with E-state index in [1.807, 2.05) is 41.3 Å². The Morgan fingerprint density at radius 1 is 1.00 bits per heavy atom. The molecule has 0 amide bonds. The van der Waals surface area contributed by atoms with Gasteiger partial charge in [-0.15, -0.1) is 0 Å². The van der Waals surface area contributed by atoms with Crippen LogP contribution in [0.25, 0.3) is 0 Å². The maximum atomic E-state index is 11.4. The number of pyridine rings is 2. The van der Waals surface area contributed by atoms with Gasteiger partial charge < -0.3 is 0 Å². The van der Waals surface area contributed by atoms with Crippen molar-refractivity contribution in [1.29, 1.82) is 0 Å². The highest BCUT2D eigenvalue weighted by molar-refractivity contribution is 5.77. The molecule has 0 atom stereocenters. The van der Waals surface area contributed by atoms with Gasteiger partial charge in [-0.25, -0.2) is 0 Å². The Balaban J connectivity index is 2.06. The molecule has 0 aromatic carbocycles. The van der Waals surface area contributed by atoms with E-state index in [9.17, 15) is 4.79 Å². The molecule has 19 heavy (non-hydrogen) atoms. The van der Waals surface area contributed by atoms with E-state index in [-0.39, 0.29) is 5.78 Å². The second kappa shape index (κ2) is 6.75. The van der Waals surface area contributed by atoms with Gasteiger partial charge in [-0.3, -0.25) is 19.7 Å². The summed E-state index contributed by atoms with van der Waals surface area (Å²) >= 11 is 0. The van der Waals surface area contributed by atoms with E-state index in [4.69, 9.17) is 0 Å². The molecule has 0 fully saturated rings. The normalized spacial score (nSPS) is 10.6. The first-order valence-electron chi connectivity index (χ1n) is 6.25. The van der Waals surface area contributed by atoms with Crippen LogP contribution in [0.5, 0.6) is 0 Å². The standard InChI is InChI=1S/C15H17N3O/c1-13(19)10-18(11-14-6-2-4-8-16-14)12-15-7-3-5-9-17-15/h2-9H,10-12H2,1H3.